The molecule has 0 radical (unpaired) electrons. The van der Waals surface area contributed by atoms with Crippen LogP contribution >= 0.6 is 0 Å². The molecule has 0 rings (SSSR count). The zero-order chi connectivity index (χ0) is 11.1. The molecule has 0 heterocycles. The molecule has 5 nitrogen and oxygen atoms in total. The Balaban J connectivity index is 4.33. The summed E-state index contributed by atoms with van der Waals surface area (Å²) in [6.07, 6.45) is 0.516. The van der Waals surface area contributed by atoms with Crippen LogP contribution in [0.1, 0.15) is 13.3 Å². The normalized spacial score (nSPS) is 14.5. The molecule has 0 aromatic carbocycles. The Bertz CT molecular complexity index is 201. The van der Waals surface area contributed by atoms with Gasteiger partial charge >= 0.3 is 11.9 Å². The second-order valence-corrected chi connectivity index (χ2v) is 3.10. The van der Waals surface area contributed by atoms with E-state index >= 15 is 0 Å². The highest BCUT2D eigenvalue weighted by Gasteiger charge is 2.32. The fourth-order valence-electron chi connectivity index (χ4n) is 1.17. The van der Waals surface area contributed by atoms with Crippen LogP contribution in [0.25, 0.3) is 0 Å². The molecule has 0 saturated heterocycles. The van der Waals surface area contributed by atoms with Crippen LogP contribution in [0.2, 0.25) is 0 Å². The first kappa shape index (κ1) is 12.9. The second-order valence-electron chi connectivity index (χ2n) is 3.10. The summed E-state index contributed by atoms with van der Waals surface area (Å²) in [5.41, 5.74) is 0. The largest absolute Gasteiger partial charge is 0.481 e. The van der Waals surface area contributed by atoms with E-state index in [1.807, 2.05) is 0 Å². The Morgan fingerprint density at radius 3 is 2.29 bits per heavy atom. The summed E-state index contributed by atoms with van der Waals surface area (Å²) in [6, 6.07) is 0. The Morgan fingerprint density at radius 2 is 1.93 bits per heavy atom. The lowest BCUT2D eigenvalue weighted by atomic mass is 9.91. The number of carbonyl (C=O) groups is 2. The van der Waals surface area contributed by atoms with E-state index in [-0.39, 0.29) is 5.92 Å². The Kier molecular flexibility index (Phi) is 5.87. The molecule has 0 aliphatic rings. The van der Waals surface area contributed by atoms with Gasteiger partial charge in [-0.05, 0) is 12.3 Å². The molecule has 0 aliphatic heterocycles. The maximum absolute atomic E-state index is 11.1. The molecule has 0 amide bonds. The first-order valence-electron chi connectivity index (χ1n) is 4.34. The van der Waals surface area contributed by atoms with E-state index in [2.05, 4.69) is 4.74 Å². The van der Waals surface area contributed by atoms with Crippen molar-refractivity contribution in [3.63, 3.8) is 0 Å². The van der Waals surface area contributed by atoms with E-state index in [0.717, 1.165) is 0 Å². The van der Waals surface area contributed by atoms with Gasteiger partial charge in [-0.15, -0.1) is 0 Å². The van der Waals surface area contributed by atoms with E-state index in [1.165, 1.54) is 14.2 Å². The summed E-state index contributed by atoms with van der Waals surface area (Å²) < 4.78 is 9.22. The SMILES string of the molecule is COCCC(C)C(C(=O)O)C(=O)OC. The van der Waals surface area contributed by atoms with Crippen LogP contribution in [0.15, 0.2) is 0 Å². The number of carboxylic acids is 1. The first-order chi connectivity index (χ1) is 6.54. The van der Waals surface area contributed by atoms with Gasteiger partial charge in [0.1, 0.15) is 0 Å². The summed E-state index contributed by atoms with van der Waals surface area (Å²) in [6.45, 7) is 2.12. The number of hydrogen-bond acceptors (Lipinski definition) is 4. The van der Waals surface area contributed by atoms with Crippen molar-refractivity contribution in [2.45, 2.75) is 13.3 Å². The van der Waals surface area contributed by atoms with Gasteiger partial charge < -0.3 is 14.6 Å². The van der Waals surface area contributed by atoms with Crippen LogP contribution in [0.3, 0.4) is 0 Å². The van der Waals surface area contributed by atoms with Crippen molar-refractivity contribution in [2.75, 3.05) is 20.8 Å². The second kappa shape index (κ2) is 6.37. The summed E-state index contributed by atoms with van der Waals surface area (Å²) in [5, 5.41) is 8.80. The number of rotatable bonds is 6. The molecule has 2 atom stereocenters. The summed E-state index contributed by atoms with van der Waals surface area (Å²) in [5.74, 6) is -3.25. The molecule has 0 fully saturated rings. The van der Waals surface area contributed by atoms with Crippen molar-refractivity contribution < 1.29 is 24.2 Å². The Labute approximate surface area is 83.0 Å². The average Bonchev–Trinajstić information content (AvgIpc) is 2.14. The zero-order valence-corrected chi connectivity index (χ0v) is 8.65. The van der Waals surface area contributed by atoms with Crippen LogP contribution in [0, 0.1) is 11.8 Å². The fraction of sp³-hybridized carbons (Fsp3) is 0.778. The van der Waals surface area contributed by atoms with E-state index in [9.17, 15) is 9.59 Å². The van der Waals surface area contributed by atoms with Crippen molar-refractivity contribution >= 4 is 11.9 Å². The molecule has 0 saturated carbocycles. The number of aliphatic carboxylic acids is 1. The molecule has 0 spiro atoms. The van der Waals surface area contributed by atoms with Gasteiger partial charge in [-0.3, -0.25) is 9.59 Å². The van der Waals surface area contributed by atoms with E-state index in [1.54, 1.807) is 6.92 Å². The Hall–Kier alpha value is -1.10. The summed E-state index contributed by atoms with van der Waals surface area (Å²) >= 11 is 0. The third-order valence-electron chi connectivity index (χ3n) is 2.07. The third-order valence-corrected chi connectivity index (χ3v) is 2.07. The lowest BCUT2D eigenvalue weighted by Gasteiger charge is -2.17. The molecule has 82 valence electrons. The predicted octanol–water partition coefficient (Wildman–Crippen LogP) is 0.533. The lowest BCUT2D eigenvalue weighted by molar-refractivity contribution is -0.159. The van der Waals surface area contributed by atoms with E-state index in [0.29, 0.717) is 13.0 Å². The number of esters is 1. The minimum Gasteiger partial charge on any atom is -0.481 e. The highest BCUT2D eigenvalue weighted by atomic mass is 16.5. The molecular formula is C9H16O5. The van der Waals surface area contributed by atoms with Gasteiger partial charge in [0, 0.05) is 13.7 Å². The van der Waals surface area contributed by atoms with Crippen molar-refractivity contribution in [1.82, 2.24) is 0 Å². The fourth-order valence-corrected chi connectivity index (χ4v) is 1.17. The van der Waals surface area contributed by atoms with E-state index in [4.69, 9.17) is 9.84 Å². The van der Waals surface area contributed by atoms with Crippen molar-refractivity contribution in [2.24, 2.45) is 11.8 Å². The minimum absolute atomic E-state index is 0.292. The minimum atomic E-state index is -1.15. The average molecular weight is 204 g/mol. The molecule has 2 unspecified atom stereocenters. The van der Waals surface area contributed by atoms with Gasteiger partial charge in [-0.1, -0.05) is 6.92 Å². The number of ether oxygens (including phenoxy) is 2. The molecular weight excluding hydrogens is 188 g/mol. The highest BCUT2D eigenvalue weighted by Crippen LogP contribution is 2.17. The molecule has 14 heavy (non-hydrogen) atoms. The van der Waals surface area contributed by atoms with Crippen LogP contribution < -0.4 is 0 Å². The monoisotopic (exact) mass is 204 g/mol. The first-order valence-corrected chi connectivity index (χ1v) is 4.34. The lowest BCUT2D eigenvalue weighted by Crippen LogP contribution is -2.31. The molecule has 1 N–H and O–H groups in total. The summed E-state index contributed by atoms with van der Waals surface area (Å²) in [4.78, 5) is 21.9. The van der Waals surface area contributed by atoms with Crippen LogP contribution in [-0.4, -0.2) is 37.9 Å². The van der Waals surface area contributed by atoms with Gasteiger partial charge in [0.05, 0.1) is 7.11 Å². The molecule has 0 aliphatic carbocycles. The molecule has 5 heteroatoms. The standard InChI is InChI=1S/C9H16O5/c1-6(4-5-13-2)7(8(10)11)9(12)14-3/h6-7H,4-5H2,1-3H3,(H,10,11). The van der Waals surface area contributed by atoms with Crippen LogP contribution in [0.5, 0.6) is 0 Å². The maximum atomic E-state index is 11.1. The number of hydrogen-bond donors (Lipinski definition) is 1. The number of carbonyl (C=O) groups excluding carboxylic acids is 1. The van der Waals surface area contributed by atoms with Crippen molar-refractivity contribution in [3.8, 4) is 0 Å². The van der Waals surface area contributed by atoms with Crippen molar-refractivity contribution in [1.29, 1.82) is 0 Å². The molecule has 0 aromatic rings. The van der Waals surface area contributed by atoms with Crippen LogP contribution in [0.4, 0.5) is 0 Å². The van der Waals surface area contributed by atoms with E-state index < -0.39 is 17.9 Å². The number of carboxylic acid groups (broad SMARTS) is 1. The molecule has 0 aromatic heterocycles. The smallest absolute Gasteiger partial charge is 0.320 e. The van der Waals surface area contributed by atoms with Gasteiger partial charge in [-0.25, -0.2) is 0 Å². The van der Waals surface area contributed by atoms with Gasteiger partial charge in [0.2, 0.25) is 0 Å². The van der Waals surface area contributed by atoms with Gasteiger partial charge in [0.15, 0.2) is 5.92 Å². The third kappa shape index (κ3) is 3.74. The van der Waals surface area contributed by atoms with Gasteiger partial charge in [-0.2, -0.15) is 0 Å². The van der Waals surface area contributed by atoms with Crippen LogP contribution in [-0.2, 0) is 19.1 Å². The molecule has 0 bridgehead atoms. The number of methoxy groups -OCH3 is 2. The maximum Gasteiger partial charge on any atom is 0.320 e. The Morgan fingerprint density at radius 1 is 1.36 bits per heavy atom. The topological polar surface area (TPSA) is 72.8 Å². The zero-order valence-electron chi connectivity index (χ0n) is 8.65. The summed E-state index contributed by atoms with van der Waals surface area (Å²) in [7, 11) is 2.71. The quantitative estimate of drug-likeness (QED) is 0.504. The van der Waals surface area contributed by atoms with Gasteiger partial charge in [0.25, 0.3) is 0 Å². The predicted molar refractivity (Wildman–Crippen MR) is 48.8 cm³/mol. The highest BCUT2D eigenvalue weighted by molar-refractivity contribution is 5.94. The van der Waals surface area contributed by atoms with Crippen molar-refractivity contribution in [3.05, 3.63) is 0 Å².